The number of hydrogen-bond acceptors (Lipinski definition) is 4. The van der Waals surface area contributed by atoms with Gasteiger partial charge in [-0.1, -0.05) is 11.2 Å². The van der Waals surface area contributed by atoms with Gasteiger partial charge < -0.3 is 10.3 Å². The fraction of sp³-hybridized carbons (Fsp3) is 0.385. The third kappa shape index (κ3) is 2.12. The first-order chi connectivity index (χ1) is 9.08. The lowest BCUT2D eigenvalue weighted by molar-refractivity contribution is 0.229. The summed E-state index contributed by atoms with van der Waals surface area (Å²) >= 11 is 0. The van der Waals surface area contributed by atoms with Crippen LogP contribution in [0.2, 0.25) is 0 Å². The molecule has 0 bridgehead atoms. The lowest BCUT2D eigenvalue weighted by atomic mass is 9.77. The van der Waals surface area contributed by atoms with Crippen LogP contribution in [0.15, 0.2) is 22.7 Å². The Hall–Kier alpha value is -1.82. The maximum absolute atomic E-state index is 13.5. The van der Waals surface area contributed by atoms with Gasteiger partial charge in [0, 0.05) is 5.56 Å². The Labute approximate surface area is 108 Å². The van der Waals surface area contributed by atoms with Crippen molar-refractivity contribution in [3.05, 3.63) is 47.1 Å². The Bertz CT molecular complexity index is 587. The first-order valence-electron chi connectivity index (χ1n) is 6.13. The second kappa shape index (κ2) is 4.38. The summed E-state index contributed by atoms with van der Waals surface area (Å²) in [5, 5.41) is 3.81. The SMILES string of the molecule is NC1(c2noc(Cc3c(F)cccc3F)n2)CCC1. The number of halogens is 2. The molecule has 1 aromatic carbocycles. The second-order valence-electron chi connectivity index (χ2n) is 4.90. The van der Waals surface area contributed by atoms with Gasteiger partial charge in [-0.25, -0.2) is 8.78 Å². The van der Waals surface area contributed by atoms with Crippen LogP contribution < -0.4 is 5.73 Å². The van der Waals surface area contributed by atoms with Crippen molar-refractivity contribution in [2.45, 2.75) is 31.2 Å². The van der Waals surface area contributed by atoms with Crippen LogP contribution in [0.5, 0.6) is 0 Å². The fourth-order valence-corrected chi connectivity index (χ4v) is 2.16. The molecule has 0 amide bonds. The van der Waals surface area contributed by atoms with Crippen molar-refractivity contribution >= 4 is 0 Å². The quantitative estimate of drug-likeness (QED) is 0.924. The van der Waals surface area contributed by atoms with E-state index in [0.717, 1.165) is 19.3 Å². The minimum atomic E-state index is -0.620. The summed E-state index contributed by atoms with van der Waals surface area (Å²) in [5.41, 5.74) is 5.45. The summed E-state index contributed by atoms with van der Waals surface area (Å²) in [4.78, 5) is 4.15. The number of aromatic nitrogens is 2. The van der Waals surface area contributed by atoms with Crippen LogP contribution >= 0.6 is 0 Å². The van der Waals surface area contributed by atoms with Gasteiger partial charge in [0.25, 0.3) is 0 Å². The van der Waals surface area contributed by atoms with Crippen LogP contribution in [-0.2, 0) is 12.0 Å². The van der Waals surface area contributed by atoms with Crippen molar-refractivity contribution < 1.29 is 13.3 Å². The van der Waals surface area contributed by atoms with Gasteiger partial charge >= 0.3 is 0 Å². The van der Waals surface area contributed by atoms with E-state index >= 15 is 0 Å². The van der Waals surface area contributed by atoms with Gasteiger partial charge in [0.05, 0.1) is 12.0 Å². The Morgan fingerprint density at radius 3 is 2.53 bits per heavy atom. The highest BCUT2D eigenvalue weighted by Gasteiger charge is 2.39. The van der Waals surface area contributed by atoms with E-state index in [1.165, 1.54) is 18.2 Å². The number of rotatable bonds is 3. The van der Waals surface area contributed by atoms with E-state index in [1.54, 1.807) is 0 Å². The maximum Gasteiger partial charge on any atom is 0.231 e. The summed E-state index contributed by atoms with van der Waals surface area (Å²) in [7, 11) is 0. The normalized spacial score (nSPS) is 17.2. The van der Waals surface area contributed by atoms with Gasteiger partial charge in [-0.05, 0) is 31.4 Å². The minimum Gasteiger partial charge on any atom is -0.339 e. The van der Waals surface area contributed by atoms with Crippen molar-refractivity contribution in [3.63, 3.8) is 0 Å². The van der Waals surface area contributed by atoms with Crippen molar-refractivity contribution in [2.24, 2.45) is 5.73 Å². The number of benzene rings is 1. The molecule has 4 nitrogen and oxygen atoms in total. The van der Waals surface area contributed by atoms with E-state index in [2.05, 4.69) is 10.1 Å². The number of hydrogen-bond donors (Lipinski definition) is 1. The smallest absolute Gasteiger partial charge is 0.231 e. The predicted octanol–water partition coefficient (Wildman–Crippen LogP) is 2.28. The van der Waals surface area contributed by atoms with Crippen LogP contribution in [0.25, 0.3) is 0 Å². The zero-order valence-corrected chi connectivity index (χ0v) is 10.2. The van der Waals surface area contributed by atoms with Crippen LogP contribution in [0.3, 0.4) is 0 Å². The lowest BCUT2D eigenvalue weighted by Crippen LogP contribution is -2.44. The number of nitrogens with two attached hydrogens (primary N) is 1. The molecule has 2 aromatic rings. The second-order valence-corrected chi connectivity index (χ2v) is 4.90. The first kappa shape index (κ1) is 12.2. The average Bonchev–Trinajstić information content (AvgIpc) is 2.80. The minimum absolute atomic E-state index is 0.0679. The molecular weight excluding hydrogens is 252 g/mol. The molecule has 1 aliphatic carbocycles. The van der Waals surface area contributed by atoms with Gasteiger partial charge in [-0.2, -0.15) is 4.98 Å². The fourth-order valence-electron chi connectivity index (χ4n) is 2.16. The summed E-state index contributed by atoms with van der Waals surface area (Å²) in [6.07, 6.45) is 2.57. The summed E-state index contributed by atoms with van der Waals surface area (Å²) in [6.45, 7) is 0. The van der Waals surface area contributed by atoms with Crippen LogP contribution in [0.1, 0.15) is 36.5 Å². The van der Waals surface area contributed by atoms with E-state index in [-0.39, 0.29) is 17.9 Å². The van der Waals surface area contributed by atoms with Crippen molar-refractivity contribution in [1.82, 2.24) is 10.1 Å². The molecule has 1 heterocycles. The average molecular weight is 265 g/mol. The molecule has 0 atom stereocenters. The molecule has 100 valence electrons. The van der Waals surface area contributed by atoms with Gasteiger partial charge in [0.1, 0.15) is 11.6 Å². The van der Waals surface area contributed by atoms with Gasteiger partial charge in [0.2, 0.25) is 5.89 Å². The standard InChI is InChI=1S/C13H13F2N3O/c14-9-3-1-4-10(15)8(9)7-11-17-12(18-19-11)13(16)5-2-6-13/h1,3-4H,2,5-7,16H2. The Balaban J connectivity index is 1.84. The molecular formula is C13H13F2N3O. The summed E-state index contributed by atoms with van der Waals surface area (Å²) < 4.78 is 32.0. The van der Waals surface area contributed by atoms with Gasteiger partial charge in [-0.3, -0.25) is 0 Å². The Morgan fingerprint density at radius 1 is 1.26 bits per heavy atom. The Kier molecular flexibility index (Phi) is 2.82. The largest absolute Gasteiger partial charge is 0.339 e. The highest BCUT2D eigenvalue weighted by atomic mass is 19.1. The Morgan fingerprint density at radius 2 is 1.95 bits per heavy atom. The molecule has 19 heavy (non-hydrogen) atoms. The molecule has 1 fully saturated rings. The predicted molar refractivity (Wildman–Crippen MR) is 63.2 cm³/mol. The maximum atomic E-state index is 13.5. The monoisotopic (exact) mass is 265 g/mol. The van der Waals surface area contributed by atoms with E-state index in [4.69, 9.17) is 10.3 Å². The molecule has 3 rings (SSSR count). The highest BCUT2D eigenvalue weighted by molar-refractivity contribution is 5.23. The van der Waals surface area contributed by atoms with E-state index in [1.807, 2.05) is 0 Å². The van der Waals surface area contributed by atoms with Crippen molar-refractivity contribution in [3.8, 4) is 0 Å². The van der Waals surface area contributed by atoms with Crippen molar-refractivity contribution in [1.29, 1.82) is 0 Å². The summed E-state index contributed by atoms with van der Waals surface area (Å²) in [6, 6.07) is 3.72. The topological polar surface area (TPSA) is 64.9 Å². The van der Waals surface area contributed by atoms with Gasteiger partial charge in [-0.15, -0.1) is 0 Å². The van der Waals surface area contributed by atoms with E-state index in [9.17, 15) is 8.78 Å². The molecule has 6 heteroatoms. The van der Waals surface area contributed by atoms with Crippen LogP contribution in [-0.4, -0.2) is 10.1 Å². The molecule has 1 aliphatic rings. The van der Waals surface area contributed by atoms with E-state index in [0.29, 0.717) is 5.82 Å². The number of nitrogens with zero attached hydrogens (tertiary/aromatic N) is 2. The molecule has 0 radical (unpaired) electrons. The molecule has 2 N–H and O–H groups in total. The first-order valence-corrected chi connectivity index (χ1v) is 6.13. The lowest BCUT2D eigenvalue weighted by Gasteiger charge is -2.34. The summed E-state index contributed by atoms with van der Waals surface area (Å²) in [5.74, 6) is -0.641. The van der Waals surface area contributed by atoms with E-state index < -0.39 is 17.2 Å². The zero-order chi connectivity index (χ0) is 13.5. The third-order valence-corrected chi connectivity index (χ3v) is 3.55. The van der Waals surface area contributed by atoms with Crippen LogP contribution in [0, 0.1) is 11.6 Å². The van der Waals surface area contributed by atoms with Gasteiger partial charge in [0.15, 0.2) is 5.82 Å². The molecule has 0 spiro atoms. The van der Waals surface area contributed by atoms with Crippen molar-refractivity contribution in [2.75, 3.05) is 0 Å². The molecule has 0 unspecified atom stereocenters. The third-order valence-electron chi connectivity index (χ3n) is 3.55. The zero-order valence-electron chi connectivity index (χ0n) is 10.2. The molecule has 0 aliphatic heterocycles. The molecule has 0 saturated heterocycles. The highest BCUT2D eigenvalue weighted by Crippen LogP contribution is 2.37. The molecule has 1 aromatic heterocycles. The van der Waals surface area contributed by atoms with Crippen LogP contribution in [0.4, 0.5) is 8.78 Å². The molecule has 1 saturated carbocycles.